The van der Waals surface area contributed by atoms with Crippen molar-refractivity contribution in [2.45, 2.75) is 26.4 Å². The van der Waals surface area contributed by atoms with Crippen molar-refractivity contribution < 1.29 is 9.53 Å². The van der Waals surface area contributed by atoms with Gasteiger partial charge in [-0.1, -0.05) is 0 Å². The van der Waals surface area contributed by atoms with Crippen LogP contribution >= 0.6 is 0 Å². The first-order valence-electron chi connectivity index (χ1n) is 5.91. The van der Waals surface area contributed by atoms with Crippen LogP contribution < -0.4 is 5.73 Å². The lowest BCUT2D eigenvalue weighted by atomic mass is 10.2. The number of nitrogens with two attached hydrogens (primary N) is 1. The molecular weight excluding hydrogens is 232 g/mol. The van der Waals surface area contributed by atoms with E-state index in [9.17, 15) is 4.79 Å². The van der Waals surface area contributed by atoms with E-state index >= 15 is 0 Å². The fourth-order valence-electron chi connectivity index (χ4n) is 1.63. The quantitative estimate of drug-likeness (QED) is 0.700. The van der Waals surface area contributed by atoms with Crippen LogP contribution in [0, 0.1) is 11.3 Å². The summed E-state index contributed by atoms with van der Waals surface area (Å²) >= 11 is 0. The summed E-state index contributed by atoms with van der Waals surface area (Å²) in [5, 5.41) is 8.52. The second-order valence-corrected chi connectivity index (χ2v) is 5.15. The highest BCUT2D eigenvalue weighted by Gasteiger charge is 2.25. The van der Waals surface area contributed by atoms with Gasteiger partial charge in [-0.15, -0.1) is 0 Å². The molecule has 1 heterocycles. The van der Waals surface area contributed by atoms with Crippen LogP contribution in [0.5, 0.6) is 0 Å². The third-order valence-electron chi connectivity index (χ3n) is 2.51. The third kappa shape index (κ3) is 4.17. The van der Waals surface area contributed by atoms with Gasteiger partial charge < -0.3 is 20.3 Å². The third-order valence-corrected chi connectivity index (χ3v) is 2.51. The van der Waals surface area contributed by atoms with E-state index in [-0.39, 0.29) is 6.09 Å². The predicted octanol–water partition coefficient (Wildman–Crippen LogP) is 0.863. The number of carbonyl (C=O) groups is 1. The second-order valence-electron chi connectivity index (χ2n) is 5.15. The van der Waals surface area contributed by atoms with Gasteiger partial charge in [-0.05, 0) is 20.8 Å². The summed E-state index contributed by atoms with van der Waals surface area (Å²) in [6.45, 7) is 7.86. The van der Waals surface area contributed by atoms with Crippen molar-refractivity contribution in [3.8, 4) is 6.07 Å². The molecule has 1 fully saturated rings. The van der Waals surface area contributed by atoms with E-state index in [1.165, 1.54) is 6.08 Å². The Hall–Kier alpha value is -1.90. The Balaban J connectivity index is 2.47. The van der Waals surface area contributed by atoms with Crippen LogP contribution in [0.15, 0.2) is 11.9 Å². The number of ether oxygens (including phenoxy) is 1. The molecule has 1 aliphatic rings. The number of amides is 1. The van der Waals surface area contributed by atoms with E-state index in [1.807, 2.05) is 31.7 Å². The van der Waals surface area contributed by atoms with Gasteiger partial charge in [-0.25, -0.2) is 4.79 Å². The highest BCUT2D eigenvalue weighted by atomic mass is 16.6. The lowest BCUT2D eigenvalue weighted by Gasteiger charge is -2.36. The highest BCUT2D eigenvalue weighted by Crippen LogP contribution is 2.12. The van der Waals surface area contributed by atoms with Gasteiger partial charge in [0.1, 0.15) is 11.4 Å². The molecule has 100 valence electrons. The largest absolute Gasteiger partial charge is 0.444 e. The van der Waals surface area contributed by atoms with Gasteiger partial charge in [0, 0.05) is 26.2 Å². The molecule has 0 spiro atoms. The van der Waals surface area contributed by atoms with Gasteiger partial charge in [0.2, 0.25) is 0 Å². The minimum atomic E-state index is -0.478. The van der Waals surface area contributed by atoms with Gasteiger partial charge in [0.25, 0.3) is 0 Å². The Morgan fingerprint density at radius 2 is 1.78 bits per heavy atom. The number of nitrogens with zero attached hydrogens (tertiary/aromatic N) is 3. The number of rotatable bonds is 1. The molecule has 0 bridgehead atoms. The summed E-state index contributed by atoms with van der Waals surface area (Å²) in [6.07, 6.45) is 1.01. The normalized spacial score (nSPS) is 17.3. The van der Waals surface area contributed by atoms with Crippen LogP contribution in [0.4, 0.5) is 4.79 Å². The smallest absolute Gasteiger partial charge is 0.410 e. The van der Waals surface area contributed by atoms with Crippen molar-refractivity contribution in [2.75, 3.05) is 26.2 Å². The van der Waals surface area contributed by atoms with E-state index in [2.05, 4.69) is 0 Å². The summed E-state index contributed by atoms with van der Waals surface area (Å²) in [7, 11) is 0. The van der Waals surface area contributed by atoms with E-state index < -0.39 is 5.60 Å². The van der Waals surface area contributed by atoms with Gasteiger partial charge in [-0.2, -0.15) is 5.26 Å². The molecule has 0 radical (unpaired) electrons. The molecule has 1 saturated heterocycles. The van der Waals surface area contributed by atoms with E-state index in [0.29, 0.717) is 32.0 Å². The molecule has 0 aromatic carbocycles. The van der Waals surface area contributed by atoms with Crippen LogP contribution in [0.1, 0.15) is 20.8 Å². The molecule has 6 nitrogen and oxygen atoms in total. The van der Waals surface area contributed by atoms with Crippen molar-refractivity contribution in [1.82, 2.24) is 9.80 Å². The fraction of sp³-hybridized carbons (Fsp3) is 0.667. The topological polar surface area (TPSA) is 82.6 Å². The SMILES string of the molecule is CC(C)(C)OC(=O)N1CCN(C(N)=CC#N)CC1. The van der Waals surface area contributed by atoms with Crippen molar-refractivity contribution in [2.24, 2.45) is 5.73 Å². The van der Waals surface area contributed by atoms with Crippen molar-refractivity contribution in [3.63, 3.8) is 0 Å². The zero-order valence-corrected chi connectivity index (χ0v) is 11.1. The summed E-state index contributed by atoms with van der Waals surface area (Å²) in [5.74, 6) is 0.446. The molecule has 0 unspecified atom stereocenters. The van der Waals surface area contributed by atoms with Crippen molar-refractivity contribution in [3.05, 3.63) is 11.9 Å². The minimum absolute atomic E-state index is 0.301. The molecule has 2 N–H and O–H groups in total. The molecule has 18 heavy (non-hydrogen) atoms. The van der Waals surface area contributed by atoms with Crippen LogP contribution in [0.25, 0.3) is 0 Å². The summed E-state index contributed by atoms with van der Waals surface area (Å²) in [6, 6.07) is 1.90. The Bertz CT molecular complexity index is 371. The lowest BCUT2D eigenvalue weighted by Crippen LogP contribution is -2.50. The molecule has 1 rings (SSSR count). The Labute approximate surface area is 108 Å². The Morgan fingerprint density at radius 1 is 1.28 bits per heavy atom. The average molecular weight is 252 g/mol. The van der Waals surface area contributed by atoms with Crippen LogP contribution in [0.3, 0.4) is 0 Å². The molecule has 1 amide bonds. The van der Waals surface area contributed by atoms with Gasteiger partial charge >= 0.3 is 6.09 Å². The second kappa shape index (κ2) is 5.63. The van der Waals surface area contributed by atoms with Gasteiger partial charge in [0.05, 0.1) is 12.1 Å². The first kappa shape index (κ1) is 14.2. The number of piperazine rings is 1. The molecule has 1 aliphatic heterocycles. The number of hydrogen-bond donors (Lipinski definition) is 1. The molecule has 0 atom stereocenters. The summed E-state index contributed by atoms with van der Waals surface area (Å²) in [5.41, 5.74) is 5.23. The molecular formula is C12H20N4O2. The molecule has 0 aromatic rings. The number of allylic oxidation sites excluding steroid dienone is 1. The Kier molecular flexibility index (Phi) is 4.43. The maximum absolute atomic E-state index is 11.8. The fourth-order valence-corrected chi connectivity index (χ4v) is 1.63. The number of nitriles is 1. The minimum Gasteiger partial charge on any atom is -0.444 e. The maximum Gasteiger partial charge on any atom is 0.410 e. The van der Waals surface area contributed by atoms with E-state index in [1.54, 1.807) is 4.90 Å². The van der Waals surface area contributed by atoms with E-state index in [4.69, 9.17) is 15.7 Å². The molecule has 0 aromatic heterocycles. The predicted molar refractivity (Wildman–Crippen MR) is 67.3 cm³/mol. The van der Waals surface area contributed by atoms with Crippen molar-refractivity contribution >= 4 is 6.09 Å². The molecule has 0 aliphatic carbocycles. The standard InChI is InChI=1S/C12H20N4O2/c1-12(2,3)18-11(17)16-8-6-15(7-9-16)10(14)4-5-13/h4H,6-9,14H2,1-3H3. The number of hydrogen-bond acceptors (Lipinski definition) is 5. The molecule has 0 saturated carbocycles. The maximum atomic E-state index is 11.8. The van der Waals surface area contributed by atoms with Gasteiger partial charge in [-0.3, -0.25) is 0 Å². The van der Waals surface area contributed by atoms with Gasteiger partial charge in [0.15, 0.2) is 0 Å². The van der Waals surface area contributed by atoms with Crippen LogP contribution in [0.2, 0.25) is 0 Å². The lowest BCUT2D eigenvalue weighted by molar-refractivity contribution is 0.0168. The monoisotopic (exact) mass is 252 g/mol. The Morgan fingerprint density at radius 3 is 2.22 bits per heavy atom. The average Bonchev–Trinajstić information content (AvgIpc) is 2.27. The van der Waals surface area contributed by atoms with Crippen LogP contribution in [-0.2, 0) is 4.74 Å². The van der Waals surface area contributed by atoms with Crippen molar-refractivity contribution in [1.29, 1.82) is 5.26 Å². The molecule has 6 heteroatoms. The summed E-state index contributed by atoms with van der Waals surface area (Å²) in [4.78, 5) is 15.3. The number of carbonyl (C=O) groups excluding carboxylic acids is 1. The van der Waals surface area contributed by atoms with Crippen LogP contribution in [-0.4, -0.2) is 47.7 Å². The zero-order chi connectivity index (χ0) is 13.8. The van der Waals surface area contributed by atoms with E-state index in [0.717, 1.165) is 0 Å². The highest BCUT2D eigenvalue weighted by molar-refractivity contribution is 5.68. The summed E-state index contributed by atoms with van der Waals surface area (Å²) < 4.78 is 5.29. The first-order valence-corrected chi connectivity index (χ1v) is 5.91. The zero-order valence-electron chi connectivity index (χ0n) is 11.1. The first-order chi connectivity index (χ1) is 8.33.